The number of hydrogen-bond acceptors (Lipinski definition) is 12. The first kappa shape index (κ1) is 45.3. The van der Waals surface area contributed by atoms with Crippen molar-refractivity contribution in [2.45, 2.75) is 91.6 Å². The molecule has 2 aliphatic carbocycles. The molecule has 0 saturated heterocycles. The van der Waals surface area contributed by atoms with E-state index in [0.29, 0.717) is 6.42 Å². The zero-order valence-corrected chi connectivity index (χ0v) is 37.0. The maximum absolute atomic E-state index is 14.5. The molecule has 314 valence electrons. The quantitative estimate of drug-likeness (QED) is 0.190. The van der Waals surface area contributed by atoms with Gasteiger partial charge >= 0.3 is 5.97 Å². The van der Waals surface area contributed by atoms with Gasteiger partial charge in [-0.05, 0) is 43.5 Å². The molecular formula is C42H49Cl2N5O9Si. The largest absolute Gasteiger partial charge is 0.546 e. The number of nitriles is 2. The van der Waals surface area contributed by atoms with Crippen LogP contribution in [-0.2, 0) is 28.3 Å². The van der Waals surface area contributed by atoms with Crippen LogP contribution >= 0.6 is 23.2 Å². The van der Waals surface area contributed by atoms with E-state index < -0.39 is 95.1 Å². The van der Waals surface area contributed by atoms with Crippen LogP contribution in [0.25, 0.3) is 6.08 Å². The number of oxazole rings is 1. The lowest BCUT2D eigenvalue weighted by Gasteiger charge is -2.53. The summed E-state index contributed by atoms with van der Waals surface area (Å²) in [6.07, 6.45) is 5.96. The predicted octanol–water partition coefficient (Wildman–Crippen LogP) is 6.46. The summed E-state index contributed by atoms with van der Waals surface area (Å²) in [5.41, 5.74) is -5.01. The zero-order valence-electron chi connectivity index (χ0n) is 34.5. The van der Waals surface area contributed by atoms with Crippen molar-refractivity contribution in [1.29, 1.82) is 10.5 Å². The summed E-state index contributed by atoms with van der Waals surface area (Å²) < 4.78 is 18.3. The van der Waals surface area contributed by atoms with Gasteiger partial charge < -0.3 is 28.9 Å². The first-order valence-electron chi connectivity index (χ1n) is 19.4. The van der Waals surface area contributed by atoms with Crippen molar-refractivity contribution in [3.63, 3.8) is 0 Å². The van der Waals surface area contributed by atoms with Crippen LogP contribution in [0.1, 0.15) is 77.7 Å². The fourth-order valence-corrected chi connectivity index (χ4v) is 9.73. The van der Waals surface area contributed by atoms with E-state index in [9.17, 15) is 39.6 Å². The molecule has 5 aliphatic rings. The second-order valence-electron chi connectivity index (χ2n) is 17.3. The highest BCUT2D eigenvalue weighted by atomic mass is 35.5. The monoisotopic (exact) mass is 865 g/mol. The number of carbonyl (C=O) groups is 5. The maximum Gasteiger partial charge on any atom is 0.355 e. The number of ether oxygens (including phenoxy) is 1. The highest BCUT2D eigenvalue weighted by molar-refractivity contribution is 6.74. The Labute approximate surface area is 354 Å². The molecular weight excluding hydrogens is 817 g/mol. The summed E-state index contributed by atoms with van der Waals surface area (Å²) in [6, 6.07) is 3.92. The lowest BCUT2D eigenvalue weighted by atomic mass is 9.44. The van der Waals surface area contributed by atoms with Gasteiger partial charge in [-0.2, -0.15) is 10.5 Å². The number of hydrogen-bond donors (Lipinski definition) is 2. The van der Waals surface area contributed by atoms with Crippen molar-refractivity contribution in [2.24, 2.45) is 34.5 Å². The minimum atomic E-state index is -2.73. The van der Waals surface area contributed by atoms with E-state index in [1.54, 1.807) is 19.9 Å². The van der Waals surface area contributed by atoms with Crippen LogP contribution in [0.2, 0.25) is 18.1 Å². The Morgan fingerprint density at radius 1 is 1.08 bits per heavy atom. The maximum atomic E-state index is 14.5. The van der Waals surface area contributed by atoms with E-state index in [1.807, 2.05) is 59.9 Å². The molecule has 1 aromatic heterocycles. The average Bonchev–Trinajstić information content (AvgIpc) is 3.85. The molecule has 6 rings (SSSR count). The molecule has 4 heterocycles. The fourth-order valence-electron chi connectivity index (χ4n) is 8.15. The number of ketones is 2. The summed E-state index contributed by atoms with van der Waals surface area (Å²) in [5.74, 6) is -7.77. The predicted molar refractivity (Wildman–Crippen MR) is 219 cm³/mol. The van der Waals surface area contributed by atoms with E-state index in [0.717, 1.165) is 6.26 Å². The van der Waals surface area contributed by atoms with Crippen LogP contribution in [0.3, 0.4) is 0 Å². The van der Waals surface area contributed by atoms with Gasteiger partial charge in [-0.25, -0.2) is 9.78 Å². The number of halogens is 2. The summed E-state index contributed by atoms with van der Waals surface area (Å²) in [6.45, 7) is 16.6. The summed E-state index contributed by atoms with van der Waals surface area (Å²) in [5, 5.41) is 35.3. The van der Waals surface area contributed by atoms with Crippen LogP contribution in [-0.4, -0.2) is 78.0 Å². The van der Waals surface area contributed by atoms with Crippen molar-refractivity contribution in [3.05, 3.63) is 69.2 Å². The number of nitrogens with one attached hydrogen (secondary N) is 1. The molecule has 1 aromatic rings. The van der Waals surface area contributed by atoms with Gasteiger partial charge in [-0.1, -0.05) is 88.5 Å². The second-order valence-corrected chi connectivity index (χ2v) is 22.8. The number of aliphatic hydroxyl groups is 1. The Morgan fingerprint density at radius 3 is 2.31 bits per heavy atom. The summed E-state index contributed by atoms with van der Waals surface area (Å²) >= 11 is 12.8. The first-order chi connectivity index (χ1) is 27.5. The molecule has 14 nitrogen and oxygen atoms in total. The number of fused-ring (bicyclic) bond motifs is 9. The molecule has 2 amide bonds. The summed E-state index contributed by atoms with van der Waals surface area (Å²) in [4.78, 5) is 75.3. The van der Waals surface area contributed by atoms with E-state index in [4.69, 9.17) is 36.8 Å². The Balaban J connectivity index is 1.72. The van der Waals surface area contributed by atoms with Crippen molar-refractivity contribution < 1.29 is 42.7 Å². The van der Waals surface area contributed by atoms with Gasteiger partial charge in [0, 0.05) is 43.3 Å². The fraction of sp³-hybridized carbons (Fsp3) is 0.524. The van der Waals surface area contributed by atoms with Gasteiger partial charge in [0.15, 0.2) is 28.1 Å². The Bertz CT molecular complexity index is 2200. The molecule has 3 aliphatic heterocycles. The molecule has 17 heteroatoms. The Morgan fingerprint density at radius 2 is 1.71 bits per heavy atom. The zero-order chi connectivity index (χ0) is 44.0. The smallest absolute Gasteiger partial charge is 0.355 e. The normalized spacial score (nSPS) is 30.6. The van der Waals surface area contributed by atoms with E-state index in [1.165, 1.54) is 29.2 Å². The molecule has 2 N–H and O–H groups in total. The minimum Gasteiger partial charge on any atom is -0.546 e. The van der Waals surface area contributed by atoms with Gasteiger partial charge in [0.25, 0.3) is 5.91 Å². The van der Waals surface area contributed by atoms with Crippen molar-refractivity contribution in [2.75, 3.05) is 13.1 Å². The molecule has 0 radical (unpaired) electrons. The number of carbonyl (C=O) groups excluding carboxylic acids is 5. The third-order valence-corrected chi connectivity index (χ3v) is 17.4. The van der Waals surface area contributed by atoms with Crippen molar-refractivity contribution in [1.82, 2.24) is 15.2 Å². The van der Waals surface area contributed by atoms with Crippen LogP contribution in [0, 0.1) is 57.2 Å². The molecule has 4 bridgehead atoms. The molecule has 0 spiro atoms. The Hall–Kier alpha value is -4.80. The number of amides is 2. The number of Topliss-reactive ketones (excluding diaryl/α,β-unsaturated/α-hetero) is 2. The van der Waals surface area contributed by atoms with Gasteiger partial charge in [-0.3, -0.25) is 19.2 Å². The van der Waals surface area contributed by atoms with Gasteiger partial charge in [0.2, 0.25) is 20.1 Å². The number of aliphatic hydroxyl groups excluding tert-OH is 1. The van der Waals surface area contributed by atoms with Gasteiger partial charge in [0.05, 0.1) is 24.0 Å². The average molecular weight is 867 g/mol. The third kappa shape index (κ3) is 7.86. The SMILES string of the molecule is CC1=CC2CNC(=O)/C=C\[C@@H](C)[C@@H](C(C)C)OC(=O)C3=CCCN3C(=O)c3coc(n3)C=C(O[Si](C)(C)C(C)(C)C)C[C@H](O)C1C1(C#N)C(=O)C(Cl)=C(Cl)C(=O)C21C#N. The lowest BCUT2D eigenvalue weighted by molar-refractivity contribution is -0.149. The van der Waals surface area contributed by atoms with Crippen LogP contribution in [0.15, 0.2) is 62.1 Å². The van der Waals surface area contributed by atoms with Crippen LogP contribution in [0.5, 0.6) is 0 Å². The Kier molecular flexibility index (Phi) is 12.8. The summed E-state index contributed by atoms with van der Waals surface area (Å²) in [7, 11) is -2.73. The van der Waals surface area contributed by atoms with E-state index in [2.05, 4.69) is 10.3 Å². The number of aromatic nitrogens is 1. The number of nitrogens with zero attached hydrogens (tertiary/aromatic N) is 4. The lowest BCUT2D eigenvalue weighted by Crippen LogP contribution is -2.66. The van der Waals surface area contributed by atoms with Crippen molar-refractivity contribution in [3.8, 4) is 12.1 Å². The third-order valence-electron chi connectivity index (χ3n) is 12.2. The number of allylic oxidation sites excluding steroid dienone is 2. The molecule has 0 aromatic carbocycles. The minimum absolute atomic E-state index is 0.0366. The first-order valence-corrected chi connectivity index (χ1v) is 23.0. The highest BCUT2D eigenvalue weighted by Crippen LogP contribution is 2.62. The number of esters is 1. The van der Waals surface area contributed by atoms with Crippen molar-refractivity contribution >= 4 is 66.9 Å². The number of rotatable bonds is 3. The van der Waals surface area contributed by atoms with E-state index in [-0.39, 0.29) is 52.5 Å². The second kappa shape index (κ2) is 16.7. The van der Waals surface area contributed by atoms with E-state index >= 15 is 0 Å². The molecule has 0 saturated carbocycles. The molecule has 7 atom stereocenters. The van der Waals surface area contributed by atoms with Gasteiger partial charge in [-0.15, -0.1) is 0 Å². The van der Waals surface area contributed by atoms with Crippen LogP contribution < -0.4 is 5.32 Å². The standard InChI is InChI=1S/C42H49Cl2N5O9Si/c1-22(2)35-23(3)12-13-30(51)47-18-25-15-24(4)32(42(21-46)37(53)34(44)33(43)36(52)41(25,42)20-45)29(50)16-26(58-59(8,9)40(5,6)7)17-31-48-27(19-56-31)38(54)49-14-10-11-28(49)39(55)57-35/h11-13,15,17,19,22-23,25,29,32,35,50H,10,14,16,18H2,1-9H3,(H,47,51)/b13-12-,26-17?/t23-,25?,29+,32?,35-,41?,42?/m1/s1. The highest BCUT2D eigenvalue weighted by Gasteiger charge is 2.74. The van der Waals surface area contributed by atoms with Gasteiger partial charge in [0.1, 0.15) is 28.1 Å². The molecule has 59 heavy (non-hydrogen) atoms. The van der Waals surface area contributed by atoms with Crippen LogP contribution in [0.4, 0.5) is 0 Å². The molecule has 4 unspecified atom stereocenters. The molecule has 0 fully saturated rings. The topological polar surface area (TPSA) is 213 Å².